The van der Waals surface area contributed by atoms with Crippen LogP contribution in [0, 0.1) is 5.92 Å². The Balaban J connectivity index is 4.05. The van der Waals surface area contributed by atoms with Crippen molar-refractivity contribution in [3.05, 3.63) is 0 Å². The number of alkyl halides is 3. The predicted molar refractivity (Wildman–Crippen MR) is 55.3 cm³/mol. The van der Waals surface area contributed by atoms with Crippen LogP contribution in [0.4, 0.5) is 13.2 Å². The van der Waals surface area contributed by atoms with Crippen LogP contribution in [0.1, 0.15) is 26.2 Å². The van der Waals surface area contributed by atoms with Crippen molar-refractivity contribution >= 4 is 5.84 Å². The van der Waals surface area contributed by atoms with E-state index in [1.807, 2.05) is 6.92 Å². The van der Waals surface area contributed by atoms with Gasteiger partial charge in [-0.1, -0.05) is 24.9 Å². The molecule has 96 valence electrons. The molecular weight excluding hydrogens is 223 g/mol. The van der Waals surface area contributed by atoms with Crippen molar-refractivity contribution in [2.24, 2.45) is 16.8 Å². The number of unbranched alkanes of at least 4 members (excludes halogenated alkanes) is 2. The van der Waals surface area contributed by atoms with Crippen LogP contribution in [0.2, 0.25) is 0 Å². The van der Waals surface area contributed by atoms with Gasteiger partial charge in [0, 0.05) is 6.54 Å². The summed E-state index contributed by atoms with van der Waals surface area (Å²) in [6, 6.07) is 0. The highest BCUT2D eigenvalue weighted by Crippen LogP contribution is 2.25. The molecule has 4 N–H and O–H groups in total. The Morgan fingerprint density at radius 1 is 1.44 bits per heavy atom. The maximum Gasteiger partial charge on any atom is 0.400 e. The number of hydrogen-bond donors (Lipinski definition) is 3. The zero-order valence-corrected chi connectivity index (χ0v) is 9.22. The Hall–Kier alpha value is -0.980. The largest absolute Gasteiger partial charge is 0.409 e. The lowest BCUT2D eigenvalue weighted by molar-refractivity contribution is -0.154. The van der Waals surface area contributed by atoms with Crippen molar-refractivity contribution in [2.45, 2.75) is 32.4 Å². The summed E-state index contributed by atoms with van der Waals surface area (Å²) in [5.74, 6) is -2.74. The van der Waals surface area contributed by atoms with Gasteiger partial charge in [-0.05, 0) is 13.0 Å². The van der Waals surface area contributed by atoms with Crippen LogP contribution in [0.25, 0.3) is 0 Å². The molecular formula is C9H18F3N3O. The van der Waals surface area contributed by atoms with Gasteiger partial charge in [-0.25, -0.2) is 0 Å². The number of rotatable bonds is 7. The van der Waals surface area contributed by atoms with Gasteiger partial charge in [0.05, 0.1) is 0 Å². The summed E-state index contributed by atoms with van der Waals surface area (Å²) < 4.78 is 37.3. The molecule has 0 aromatic rings. The minimum atomic E-state index is -4.49. The minimum Gasteiger partial charge on any atom is -0.409 e. The molecule has 0 heterocycles. The zero-order valence-electron chi connectivity index (χ0n) is 9.22. The van der Waals surface area contributed by atoms with Gasteiger partial charge in [0.2, 0.25) is 0 Å². The Morgan fingerprint density at radius 2 is 2.06 bits per heavy atom. The van der Waals surface area contributed by atoms with E-state index in [1.165, 1.54) is 0 Å². The Labute approximate surface area is 92.7 Å². The highest BCUT2D eigenvalue weighted by atomic mass is 19.4. The van der Waals surface area contributed by atoms with Gasteiger partial charge in [0.15, 0.2) is 5.84 Å². The van der Waals surface area contributed by atoms with E-state index in [0.717, 1.165) is 19.3 Å². The second-order valence-electron chi connectivity index (χ2n) is 3.53. The monoisotopic (exact) mass is 241 g/mol. The molecule has 0 aliphatic rings. The van der Waals surface area contributed by atoms with E-state index in [2.05, 4.69) is 10.5 Å². The SMILES string of the molecule is CCCCCNCC(C(N)=NO)C(F)(F)F. The first-order valence-corrected chi connectivity index (χ1v) is 5.18. The van der Waals surface area contributed by atoms with Crippen molar-refractivity contribution in [3.8, 4) is 0 Å². The minimum absolute atomic E-state index is 0.358. The smallest absolute Gasteiger partial charge is 0.400 e. The molecule has 0 rings (SSSR count). The summed E-state index contributed by atoms with van der Waals surface area (Å²) in [5, 5.41) is 13.3. The summed E-state index contributed by atoms with van der Waals surface area (Å²) >= 11 is 0. The summed E-state index contributed by atoms with van der Waals surface area (Å²) in [5.41, 5.74) is 4.98. The van der Waals surface area contributed by atoms with Crippen LogP contribution < -0.4 is 11.1 Å². The Kier molecular flexibility index (Phi) is 6.87. The van der Waals surface area contributed by atoms with E-state index in [-0.39, 0.29) is 6.54 Å². The van der Waals surface area contributed by atoms with E-state index >= 15 is 0 Å². The lowest BCUT2D eigenvalue weighted by Crippen LogP contribution is -2.43. The molecule has 0 saturated heterocycles. The highest BCUT2D eigenvalue weighted by Gasteiger charge is 2.42. The maximum atomic E-state index is 12.4. The summed E-state index contributed by atoms with van der Waals surface area (Å²) in [7, 11) is 0. The predicted octanol–water partition coefficient (Wildman–Crippen LogP) is 1.69. The number of nitrogens with one attached hydrogen (secondary N) is 1. The number of nitrogens with zero attached hydrogens (tertiary/aromatic N) is 1. The van der Waals surface area contributed by atoms with Crippen LogP contribution in [0.3, 0.4) is 0 Å². The molecule has 16 heavy (non-hydrogen) atoms. The molecule has 1 atom stereocenters. The fourth-order valence-corrected chi connectivity index (χ4v) is 1.20. The molecule has 0 bridgehead atoms. The summed E-state index contributed by atoms with van der Waals surface area (Å²) in [6.45, 7) is 2.15. The number of hydrogen-bond acceptors (Lipinski definition) is 3. The van der Waals surface area contributed by atoms with Gasteiger partial charge in [-0.2, -0.15) is 13.2 Å². The van der Waals surface area contributed by atoms with E-state index in [0.29, 0.717) is 6.54 Å². The van der Waals surface area contributed by atoms with Crippen molar-refractivity contribution in [1.82, 2.24) is 5.32 Å². The molecule has 0 aromatic heterocycles. The average molecular weight is 241 g/mol. The normalized spacial score (nSPS) is 15.1. The second kappa shape index (κ2) is 7.32. The number of oxime groups is 1. The first-order valence-electron chi connectivity index (χ1n) is 5.18. The van der Waals surface area contributed by atoms with Crippen LogP contribution in [-0.2, 0) is 0 Å². The van der Waals surface area contributed by atoms with Crippen LogP contribution in [-0.4, -0.2) is 30.3 Å². The quantitative estimate of drug-likeness (QED) is 0.209. The molecule has 0 spiro atoms. The molecule has 0 saturated carbocycles. The summed E-state index contributed by atoms with van der Waals surface area (Å²) in [4.78, 5) is 0. The second-order valence-corrected chi connectivity index (χ2v) is 3.53. The first-order chi connectivity index (χ1) is 7.43. The van der Waals surface area contributed by atoms with Gasteiger partial charge in [0.25, 0.3) is 0 Å². The standard InChI is InChI=1S/C9H18F3N3O/c1-2-3-4-5-14-6-7(8(13)15-16)9(10,11)12/h7,14,16H,2-6H2,1H3,(H2,13,15). The van der Waals surface area contributed by atoms with Gasteiger partial charge in [-0.15, -0.1) is 0 Å². The van der Waals surface area contributed by atoms with E-state index in [4.69, 9.17) is 10.9 Å². The number of halogens is 3. The molecule has 4 nitrogen and oxygen atoms in total. The van der Waals surface area contributed by atoms with Crippen molar-refractivity contribution in [3.63, 3.8) is 0 Å². The molecule has 0 fully saturated rings. The first kappa shape index (κ1) is 15.0. The summed E-state index contributed by atoms with van der Waals surface area (Å²) in [6.07, 6.45) is -1.71. The fourth-order valence-electron chi connectivity index (χ4n) is 1.20. The van der Waals surface area contributed by atoms with Crippen molar-refractivity contribution in [2.75, 3.05) is 13.1 Å². The molecule has 1 unspecified atom stereocenters. The Morgan fingerprint density at radius 3 is 2.50 bits per heavy atom. The third-order valence-electron chi connectivity index (χ3n) is 2.17. The van der Waals surface area contributed by atoms with Crippen LogP contribution >= 0.6 is 0 Å². The third-order valence-corrected chi connectivity index (χ3v) is 2.17. The van der Waals surface area contributed by atoms with Crippen molar-refractivity contribution < 1.29 is 18.4 Å². The van der Waals surface area contributed by atoms with E-state index in [1.54, 1.807) is 0 Å². The molecule has 0 radical (unpaired) electrons. The molecule has 0 aromatic carbocycles. The maximum absolute atomic E-state index is 12.4. The fraction of sp³-hybridized carbons (Fsp3) is 0.889. The number of amidine groups is 1. The van der Waals surface area contributed by atoms with Gasteiger partial charge in [0.1, 0.15) is 5.92 Å². The van der Waals surface area contributed by atoms with Gasteiger partial charge in [-0.3, -0.25) is 0 Å². The lowest BCUT2D eigenvalue weighted by Gasteiger charge is -2.19. The highest BCUT2D eigenvalue weighted by molar-refractivity contribution is 5.83. The molecule has 0 aliphatic heterocycles. The Bertz CT molecular complexity index is 219. The molecule has 0 amide bonds. The van der Waals surface area contributed by atoms with Crippen molar-refractivity contribution in [1.29, 1.82) is 0 Å². The van der Waals surface area contributed by atoms with Crippen LogP contribution in [0.15, 0.2) is 5.16 Å². The van der Waals surface area contributed by atoms with E-state index < -0.39 is 17.9 Å². The molecule has 0 aliphatic carbocycles. The van der Waals surface area contributed by atoms with Crippen LogP contribution in [0.5, 0.6) is 0 Å². The van der Waals surface area contributed by atoms with Gasteiger partial charge < -0.3 is 16.3 Å². The molecule has 7 heteroatoms. The van der Waals surface area contributed by atoms with Gasteiger partial charge >= 0.3 is 6.18 Å². The zero-order chi connectivity index (χ0) is 12.6. The third kappa shape index (κ3) is 5.79. The lowest BCUT2D eigenvalue weighted by atomic mass is 10.1. The number of nitrogens with two attached hydrogens (primary N) is 1. The topological polar surface area (TPSA) is 70.6 Å². The van der Waals surface area contributed by atoms with E-state index in [9.17, 15) is 13.2 Å². The average Bonchev–Trinajstić information content (AvgIpc) is 2.20.